The molecule has 1 fully saturated rings. The molecular weight excluding hydrogens is 412 g/mol. The van der Waals surface area contributed by atoms with Gasteiger partial charge in [0.05, 0.1) is 24.5 Å². The fourth-order valence-corrected chi connectivity index (χ4v) is 4.46. The van der Waals surface area contributed by atoms with Gasteiger partial charge in [-0.2, -0.15) is 16.7 Å². The van der Waals surface area contributed by atoms with Crippen LogP contribution >= 0.6 is 11.8 Å². The zero-order chi connectivity index (χ0) is 21.5. The summed E-state index contributed by atoms with van der Waals surface area (Å²) in [5.41, 5.74) is 2.14. The van der Waals surface area contributed by atoms with Gasteiger partial charge < -0.3 is 14.3 Å². The Morgan fingerprint density at radius 3 is 2.97 bits per heavy atom. The molecule has 31 heavy (non-hydrogen) atoms. The molecule has 164 valence electrons. The number of aryl methyl sites for hydroxylation is 1. The molecule has 2 aromatic heterocycles. The number of nitrogens with zero attached hydrogens (tertiary/aromatic N) is 3. The van der Waals surface area contributed by atoms with Crippen molar-refractivity contribution in [2.24, 2.45) is 5.92 Å². The maximum atomic E-state index is 12.6. The molecule has 7 nitrogen and oxygen atoms in total. The third-order valence-electron chi connectivity index (χ3n) is 5.38. The lowest BCUT2D eigenvalue weighted by atomic mass is 9.97. The average Bonchev–Trinajstić information content (AvgIpc) is 3.46. The van der Waals surface area contributed by atoms with Gasteiger partial charge in [-0.3, -0.25) is 9.69 Å². The van der Waals surface area contributed by atoms with Crippen LogP contribution in [0.2, 0.25) is 0 Å². The molecule has 3 heterocycles. The minimum absolute atomic E-state index is 0.00307. The molecule has 1 aromatic carbocycles. The number of amides is 1. The third-order valence-corrected chi connectivity index (χ3v) is 6.36. The van der Waals surface area contributed by atoms with E-state index in [1.165, 1.54) is 5.56 Å². The van der Waals surface area contributed by atoms with E-state index in [4.69, 9.17) is 8.94 Å². The second-order valence-electron chi connectivity index (χ2n) is 7.87. The van der Waals surface area contributed by atoms with Crippen LogP contribution in [0.5, 0.6) is 0 Å². The molecule has 0 spiro atoms. The van der Waals surface area contributed by atoms with Gasteiger partial charge in [0, 0.05) is 24.4 Å². The molecule has 1 saturated heterocycles. The molecule has 4 rings (SSSR count). The summed E-state index contributed by atoms with van der Waals surface area (Å²) in [5.74, 6) is 3.99. The van der Waals surface area contributed by atoms with Crippen molar-refractivity contribution in [1.29, 1.82) is 0 Å². The maximum Gasteiger partial charge on any atom is 0.241 e. The zero-order valence-corrected chi connectivity index (χ0v) is 18.6. The summed E-state index contributed by atoms with van der Waals surface area (Å²) in [6, 6.07) is 11.9. The molecule has 0 aliphatic carbocycles. The topological polar surface area (TPSA) is 84.4 Å². The average molecular weight is 441 g/mol. The Balaban J connectivity index is 1.21. The number of benzene rings is 1. The van der Waals surface area contributed by atoms with E-state index in [0.717, 1.165) is 42.2 Å². The molecule has 1 aliphatic rings. The van der Waals surface area contributed by atoms with E-state index in [1.54, 1.807) is 18.0 Å². The first-order valence-electron chi connectivity index (χ1n) is 10.7. The van der Waals surface area contributed by atoms with Crippen molar-refractivity contribution in [2.45, 2.75) is 32.1 Å². The van der Waals surface area contributed by atoms with Crippen LogP contribution in [0.25, 0.3) is 11.4 Å². The Morgan fingerprint density at radius 1 is 1.29 bits per heavy atom. The quantitative estimate of drug-likeness (QED) is 0.505. The molecule has 1 amide bonds. The molecule has 0 bridgehead atoms. The van der Waals surface area contributed by atoms with Gasteiger partial charge in [-0.05, 0) is 38.4 Å². The number of aromatic nitrogens is 2. The second kappa shape index (κ2) is 10.6. The number of nitrogens with one attached hydrogen (secondary N) is 1. The van der Waals surface area contributed by atoms with Crippen LogP contribution < -0.4 is 5.32 Å². The number of likely N-dealkylation sites (tertiary alicyclic amines) is 1. The molecule has 0 radical (unpaired) electrons. The van der Waals surface area contributed by atoms with Crippen molar-refractivity contribution in [3.05, 3.63) is 59.9 Å². The van der Waals surface area contributed by atoms with E-state index >= 15 is 0 Å². The Morgan fingerprint density at radius 2 is 2.16 bits per heavy atom. The lowest BCUT2D eigenvalue weighted by Crippen LogP contribution is -2.43. The standard InChI is InChI=1S/C23H28N4O3S/c1-17-6-8-18(9-7-17)22-25-21(30-26-22)15-27-11-2-4-19(14-27)23(28)24-10-13-31-16-20-5-3-12-29-20/h3,5-9,12,19H,2,4,10-11,13-16H2,1H3,(H,24,28). The Labute approximate surface area is 186 Å². The van der Waals surface area contributed by atoms with Gasteiger partial charge in [0.15, 0.2) is 0 Å². The maximum absolute atomic E-state index is 12.6. The number of hydrogen-bond acceptors (Lipinski definition) is 7. The number of carbonyl (C=O) groups excluding carboxylic acids is 1. The predicted octanol–water partition coefficient (Wildman–Crippen LogP) is 3.90. The lowest BCUT2D eigenvalue weighted by molar-refractivity contribution is -0.126. The van der Waals surface area contributed by atoms with Gasteiger partial charge >= 0.3 is 0 Å². The van der Waals surface area contributed by atoms with Gasteiger partial charge in [-0.25, -0.2) is 0 Å². The van der Waals surface area contributed by atoms with Gasteiger partial charge in [0.25, 0.3) is 0 Å². The van der Waals surface area contributed by atoms with Crippen LogP contribution in [0, 0.1) is 12.8 Å². The summed E-state index contributed by atoms with van der Waals surface area (Å²) in [6.45, 7) is 4.94. The van der Waals surface area contributed by atoms with E-state index < -0.39 is 0 Å². The van der Waals surface area contributed by atoms with Crippen molar-refractivity contribution >= 4 is 17.7 Å². The third kappa shape index (κ3) is 6.21. The monoisotopic (exact) mass is 440 g/mol. The lowest BCUT2D eigenvalue weighted by Gasteiger charge is -2.30. The highest BCUT2D eigenvalue weighted by molar-refractivity contribution is 7.98. The Hall–Kier alpha value is -2.58. The Kier molecular flexibility index (Phi) is 7.43. The predicted molar refractivity (Wildman–Crippen MR) is 120 cm³/mol. The number of piperidine rings is 1. The van der Waals surface area contributed by atoms with E-state index in [2.05, 4.69) is 20.4 Å². The molecule has 1 aliphatic heterocycles. The first kappa shape index (κ1) is 21.6. The first-order valence-corrected chi connectivity index (χ1v) is 11.8. The van der Waals surface area contributed by atoms with E-state index in [-0.39, 0.29) is 11.8 Å². The van der Waals surface area contributed by atoms with E-state index in [0.29, 0.717) is 31.3 Å². The summed E-state index contributed by atoms with van der Waals surface area (Å²) in [6.07, 6.45) is 3.59. The zero-order valence-electron chi connectivity index (χ0n) is 17.8. The SMILES string of the molecule is Cc1ccc(-c2noc(CN3CCCC(C(=O)NCCSCc4ccco4)C3)n2)cc1. The first-order chi connectivity index (χ1) is 15.2. The largest absolute Gasteiger partial charge is 0.468 e. The van der Waals surface area contributed by atoms with Crippen molar-refractivity contribution in [3.63, 3.8) is 0 Å². The number of thioether (sulfide) groups is 1. The van der Waals surface area contributed by atoms with Crippen LogP contribution in [-0.2, 0) is 17.1 Å². The molecule has 3 aromatic rings. The van der Waals surface area contributed by atoms with Crippen LogP contribution in [0.3, 0.4) is 0 Å². The molecule has 0 saturated carbocycles. The molecule has 1 unspecified atom stereocenters. The summed E-state index contributed by atoms with van der Waals surface area (Å²) in [5, 5.41) is 7.19. The van der Waals surface area contributed by atoms with Crippen LogP contribution in [-0.4, -0.2) is 46.3 Å². The summed E-state index contributed by atoms with van der Waals surface area (Å²) in [4.78, 5) is 19.4. The van der Waals surface area contributed by atoms with Crippen LogP contribution in [0.1, 0.15) is 30.1 Å². The van der Waals surface area contributed by atoms with E-state index in [1.807, 2.05) is 43.3 Å². The van der Waals surface area contributed by atoms with Crippen molar-refractivity contribution in [3.8, 4) is 11.4 Å². The molecule has 1 atom stereocenters. The minimum atomic E-state index is 0.00307. The van der Waals surface area contributed by atoms with Gasteiger partial charge in [0.1, 0.15) is 5.76 Å². The van der Waals surface area contributed by atoms with Crippen molar-refractivity contribution < 1.29 is 13.7 Å². The normalized spacial score (nSPS) is 17.0. The van der Waals surface area contributed by atoms with Gasteiger partial charge in [-0.15, -0.1) is 0 Å². The van der Waals surface area contributed by atoms with Gasteiger partial charge in [-0.1, -0.05) is 35.0 Å². The molecular formula is C23H28N4O3S. The minimum Gasteiger partial charge on any atom is -0.468 e. The number of carbonyl (C=O) groups is 1. The van der Waals surface area contributed by atoms with E-state index in [9.17, 15) is 4.79 Å². The fraction of sp³-hybridized carbons (Fsp3) is 0.435. The van der Waals surface area contributed by atoms with Gasteiger partial charge in [0.2, 0.25) is 17.6 Å². The molecule has 8 heteroatoms. The number of furan rings is 1. The number of hydrogen-bond donors (Lipinski definition) is 1. The summed E-state index contributed by atoms with van der Waals surface area (Å²) < 4.78 is 10.8. The van der Waals surface area contributed by atoms with Crippen LogP contribution in [0.4, 0.5) is 0 Å². The second-order valence-corrected chi connectivity index (χ2v) is 8.98. The van der Waals surface area contributed by atoms with Crippen LogP contribution in [0.15, 0.2) is 51.6 Å². The summed E-state index contributed by atoms with van der Waals surface area (Å²) in [7, 11) is 0. The number of rotatable bonds is 9. The molecule has 1 N–H and O–H groups in total. The highest BCUT2D eigenvalue weighted by Gasteiger charge is 2.26. The van der Waals surface area contributed by atoms with Crippen molar-refractivity contribution in [1.82, 2.24) is 20.4 Å². The fourth-order valence-electron chi connectivity index (χ4n) is 3.70. The smallest absolute Gasteiger partial charge is 0.241 e. The summed E-state index contributed by atoms with van der Waals surface area (Å²) >= 11 is 1.76. The Bertz CT molecular complexity index is 956. The highest BCUT2D eigenvalue weighted by Crippen LogP contribution is 2.21. The highest BCUT2D eigenvalue weighted by atomic mass is 32.2. The van der Waals surface area contributed by atoms with Crippen molar-refractivity contribution in [2.75, 3.05) is 25.4 Å².